The van der Waals surface area contributed by atoms with Crippen molar-refractivity contribution in [1.29, 1.82) is 0 Å². The van der Waals surface area contributed by atoms with Gasteiger partial charge in [-0.25, -0.2) is 4.98 Å². The first-order valence-electron chi connectivity index (χ1n) is 9.95. The Morgan fingerprint density at radius 3 is 2.48 bits per heavy atom. The van der Waals surface area contributed by atoms with E-state index in [1.165, 1.54) is 11.1 Å². The van der Waals surface area contributed by atoms with E-state index in [1.807, 2.05) is 54.0 Å². The molecular formula is C25H25N3O. The molecule has 0 aliphatic heterocycles. The average molecular weight is 383 g/mol. The van der Waals surface area contributed by atoms with Crippen LogP contribution < -0.4 is 5.32 Å². The van der Waals surface area contributed by atoms with E-state index < -0.39 is 0 Å². The van der Waals surface area contributed by atoms with Crippen molar-refractivity contribution < 1.29 is 4.79 Å². The summed E-state index contributed by atoms with van der Waals surface area (Å²) in [5, 5.41) is 3.05. The number of benzene rings is 3. The molecule has 0 spiro atoms. The van der Waals surface area contributed by atoms with E-state index in [1.54, 1.807) is 0 Å². The van der Waals surface area contributed by atoms with Crippen LogP contribution in [0.2, 0.25) is 0 Å². The van der Waals surface area contributed by atoms with Crippen LogP contribution in [-0.2, 0) is 24.2 Å². The molecule has 1 amide bonds. The van der Waals surface area contributed by atoms with E-state index in [2.05, 4.69) is 42.6 Å². The topological polar surface area (TPSA) is 46.9 Å². The van der Waals surface area contributed by atoms with Gasteiger partial charge in [-0.05, 0) is 49.6 Å². The SMILES string of the molecule is Cc1ccc(NC(=O)Cn2c(CCc3ccccc3)nc3ccccc32)c(C)c1. The Morgan fingerprint density at radius 2 is 1.69 bits per heavy atom. The fourth-order valence-electron chi connectivity index (χ4n) is 3.68. The lowest BCUT2D eigenvalue weighted by Crippen LogP contribution is -2.21. The number of hydrogen-bond donors (Lipinski definition) is 1. The van der Waals surface area contributed by atoms with E-state index in [9.17, 15) is 4.79 Å². The fourth-order valence-corrected chi connectivity index (χ4v) is 3.68. The van der Waals surface area contributed by atoms with Crippen LogP contribution in [0.4, 0.5) is 5.69 Å². The number of para-hydroxylation sites is 2. The molecule has 4 nitrogen and oxygen atoms in total. The van der Waals surface area contributed by atoms with Gasteiger partial charge in [0, 0.05) is 12.1 Å². The number of nitrogens with zero attached hydrogens (tertiary/aromatic N) is 2. The summed E-state index contributed by atoms with van der Waals surface area (Å²) in [5.74, 6) is 0.895. The Hall–Kier alpha value is -3.40. The van der Waals surface area contributed by atoms with Crippen molar-refractivity contribution in [3.8, 4) is 0 Å². The van der Waals surface area contributed by atoms with E-state index in [0.717, 1.165) is 41.0 Å². The predicted octanol–water partition coefficient (Wildman–Crippen LogP) is 5.08. The van der Waals surface area contributed by atoms with Gasteiger partial charge in [-0.3, -0.25) is 4.79 Å². The Balaban J connectivity index is 1.57. The standard InChI is InChI=1S/C25H25N3O/c1-18-12-14-21(19(2)16-18)27-25(29)17-28-23-11-7-6-10-22(23)26-24(28)15-13-20-8-4-3-5-9-20/h3-12,14,16H,13,15,17H2,1-2H3,(H,27,29). The minimum Gasteiger partial charge on any atom is -0.324 e. The van der Waals surface area contributed by atoms with Crippen molar-refractivity contribution in [2.75, 3.05) is 5.32 Å². The number of carbonyl (C=O) groups excluding carboxylic acids is 1. The zero-order valence-electron chi connectivity index (χ0n) is 16.9. The highest BCUT2D eigenvalue weighted by atomic mass is 16.1. The lowest BCUT2D eigenvalue weighted by molar-refractivity contribution is -0.116. The van der Waals surface area contributed by atoms with E-state index >= 15 is 0 Å². The normalized spacial score (nSPS) is 11.0. The third kappa shape index (κ3) is 4.37. The molecule has 29 heavy (non-hydrogen) atoms. The number of nitrogens with one attached hydrogen (secondary N) is 1. The Morgan fingerprint density at radius 1 is 0.931 bits per heavy atom. The fraction of sp³-hybridized carbons (Fsp3) is 0.200. The average Bonchev–Trinajstić information content (AvgIpc) is 3.07. The summed E-state index contributed by atoms with van der Waals surface area (Å²) in [4.78, 5) is 17.6. The van der Waals surface area contributed by atoms with Crippen LogP contribution in [0.3, 0.4) is 0 Å². The minimum atomic E-state index is -0.0407. The lowest BCUT2D eigenvalue weighted by atomic mass is 10.1. The quantitative estimate of drug-likeness (QED) is 0.505. The van der Waals surface area contributed by atoms with Crippen LogP contribution >= 0.6 is 0 Å². The highest BCUT2D eigenvalue weighted by molar-refractivity contribution is 5.92. The molecule has 0 aliphatic carbocycles. The smallest absolute Gasteiger partial charge is 0.244 e. The number of aryl methyl sites for hydroxylation is 4. The summed E-state index contributed by atoms with van der Waals surface area (Å²) >= 11 is 0. The molecule has 0 fully saturated rings. The summed E-state index contributed by atoms with van der Waals surface area (Å²) < 4.78 is 2.04. The van der Waals surface area contributed by atoms with E-state index in [0.29, 0.717) is 0 Å². The number of anilines is 1. The molecule has 0 radical (unpaired) electrons. The van der Waals surface area contributed by atoms with Crippen LogP contribution in [-0.4, -0.2) is 15.5 Å². The summed E-state index contributed by atoms with van der Waals surface area (Å²) in [7, 11) is 0. The monoisotopic (exact) mass is 383 g/mol. The van der Waals surface area contributed by atoms with Gasteiger partial charge in [0.05, 0.1) is 11.0 Å². The number of imidazole rings is 1. The summed E-state index contributed by atoms with van der Waals surface area (Å²) in [6, 6.07) is 24.4. The molecule has 0 atom stereocenters. The van der Waals surface area contributed by atoms with Crippen LogP contribution in [0, 0.1) is 13.8 Å². The molecule has 3 aromatic carbocycles. The maximum absolute atomic E-state index is 12.8. The highest BCUT2D eigenvalue weighted by Gasteiger charge is 2.14. The number of hydrogen-bond acceptors (Lipinski definition) is 2. The van der Waals surface area contributed by atoms with Crippen LogP contribution in [0.25, 0.3) is 11.0 Å². The number of fused-ring (bicyclic) bond motifs is 1. The molecule has 0 saturated heterocycles. The zero-order valence-corrected chi connectivity index (χ0v) is 16.9. The third-order valence-corrected chi connectivity index (χ3v) is 5.17. The van der Waals surface area contributed by atoms with Crippen molar-refractivity contribution in [2.24, 2.45) is 0 Å². The molecule has 1 N–H and O–H groups in total. The highest BCUT2D eigenvalue weighted by Crippen LogP contribution is 2.19. The van der Waals surface area contributed by atoms with Crippen LogP contribution in [0.1, 0.15) is 22.5 Å². The number of carbonyl (C=O) groups is 1. The van der Waals surface area contributed by atoms with Gasteiger partial charge in [-0.1, -0.05) is 60.2 Å². The van der Waals surface area contributed by atoms with Crippen molar-refractivity contribution in [3.05, 3.63) is 95.3 Å². The summed E-state index contributed by atoms with van der Waals surface area (Å²) in [5.41, 5.74) is 6.30. The van der Waals surface area contributed by atoms with Gasteiger partial charge < -0.3 is 9.88 Å². The molecular weight excluding hydrogens is 358 g/mol. The Kier molecular flexibility index (Phi) is 5.43. The van der Waals surface area contributed by atoms with Gasteiger partial charge >= 0.3 is 0 Å². The van der Waals surface area contributed by atoms with Crippen molar-refractivity contribution in [3.63, 3.8) is 0 Å². The molecule has 146 valence electrons. The van der Waals surface area contributed by atoms with Crippen molar-refractivity contribution in [1.82, 2.24) is 9.55 Å². The van der Waals surface area contributed by atoms with Crippen molar-refractivity contribution in [2.45, 2.75) is 33.2 Å². The van der Waals surface area contributed by atoms with Crippen molar-refractivity contribution >= 4 is 22.6 Å². The minimum absolute atomic E-state index is 0.0407. The van der Waals surface area contributed by atoms with Crippen LogP contribution in [0.5, 0.6) is 0 Å². The molecule has 0 bridgehead atoms. The molecule has 0 unspecified atom stereocenters. The number of rotatable bonds is 6. The van der Waals surface area contributed by atoms with E-state index in [4.69, 9.17) is 4.98 Å². The second kappa shape index (κ2) is 8.31. The summed E-state index contributed by atoms with van der Waals surface area (Å²) in [6.07, 6.45) is 1.68. The third-order valence-electron chi connectivity index (χ3n) is 5.17. The van der Waals surface area contributed by atoms with Gasteiger partial charge in [0.15, 0.2) is 0 Å². The molecule has 1 heterocycles. The first-order valence-corrected chi connectivity index (χ1v) is 9.95. The summed E-state index contributed by atoms with van der Waals surface area (Å²) in [6.45, 7) is 4.31. The van der Waals surface area contributed by atoms with Crippen LogP contribution in [0.15, 0.2) is 72.8 Å². The first-order chi connectivity index (χ1) is 14.1. The second-order valence-corrected chi connectivity index (χ2v) is 7.46. The lowest BCUT2D eigenvalue weighted by Gasteiger charge is -2.12. The van der Waals surface area contributed by atoms with Gasteiger partial charge in [0.25, 0.3) is 0 Å². The van der Waals surface area contributed by atoms with Gasteiger partial charge in [-0.2, -0.15) is 0 Å². The molecule has 4 rings (SSSR count). The molecule has 0 aliphatic rings. The largest absolute Gasteiger partial charge is 0.324 e. The Labute approximate surface area is 171 Å². The Bertz CT molecular complexity index is 1150. The molecule has 4 aromatic rings. The molecule has 4 heteroatoms. The predicted molar refractivity (Wildman–Crippen MR) is 118 cm³/mol. The maximum atomic E-state index is 12.8. The number of aromatic nitrogens is 2. The zero-order chi connectivity index (χ0) is 20.2. The first kappa shape index (κ1) is 18.9. The van der Waals surface area contributed by atoms with Gasteiger partial charge in [0.1, 0.15) is 12.4 Å². The maximum Gasteiger partial charge on any atom is 0.244 e. The molecule has 0 saturated carbocycles. The second-order valence-electron chi connectivity index (χ2n) is 7.46. The molecule has 1 aromatic heterocycles. The number of amides is 1. The van der Waals surface area contributed by atoms with E-state index in [-0.39, 0.29) is 12.5 Å². The van der Waals surface area contributed by atoms with Gasteiger partial charge in [0.2, 0.25) is 5.91 Å². The van der Waals surface area contributed by atoms with Gasteiger partial charge in [-0.15, -0.1) is 0 Å².